The first-order chi connectivity index (χ1) is 10.7. The fraction of sp³-hybridized carbons (Fsp3) is 0.0588. The van der Waals surface area contributed by atoms with Crippen molar-refractivity contribution in [2.45, 2.75) is 0 Å². The maximum atomic E-state index is 12.2. The smallest absolute Gasteiger partial charge is 0.430 e. The summed E-state index contributed by atoms with van der Waals surface area (Å²) in [6.45, 7) is 3.45. The van der Waals surface area contributed by atoms with Crippen LogP contribution < -0.4 is 9.47 Å². The molecule has 2 aromatic carbocycles. The Morgan fingerprint density at radius 1 is 0.955 bits per heavy atom. The molecule has 2 aromatic rings. The van der Waals surface area contributed by atoms with E-state index in [0.717, 1.165) is 0 Å². The van der Waals surface area contributed by atoms with Gasteiger partial charge in [0.15, 0.2) is 0 Å². The van der Waals surface area contributed by atoms with Crippen molar-refractivity contribution in [1.82, 2.24) is 0 Å². The monoisotopic (exact) mass is 298 g/mol. The van der Waals surface area contributed by atoms with Crippen molar-refractivity contribution in [2.24, 2.45) is 0 Å². The van der Waals surface area contributed by atoms with E-state index in [2.05, 4.69) is 6.58 Å². The molecule has 0 fully saturated rings. The van der Waals surface area contributed by atoms with Crippen LogP contribution in [0.15, 0.2) is 67.3 Å². The van der Waals surface area contributed by atoms with Crippen molar-refractivity contribution >= 4 is 12.1 Å². The summed E-state index contributed by atoms with van der Waals surface area (Å²) in [5, 5.41) is 0. The number of hydrogen-bond acceptors (Lipinski definition) is 5. The van der Waals surface area contributed by atoms with E-state index in [-0.39, 0.29) is 17.9 Å². The summed E-state index contributed by atoms with van der Waals surface area (Å²) in [5.41, 5.74) is 0.127. The van der Waals surface area contributed by atoms with E-state index in [1.165, 1.54) is 18.2 Å². The number of para-hydroxylation sites is 2. The lowest BCUT2D eigenvalue weighted by Crippen LogP contribution is -2.15. The van der Waals surface area contributed by atoms with Crippen molar-refractivity contribution in [3.05, 3.63) is 72.8 Å². The molecule has 0 spiro atoms. The lowest BCUT2D eigenvalue weighted by Gasteiger charge is -2.09. The summed E-state index contributed by atoms with van der Waals surface area (Å²) < 4.78 is 14.9. The van der Waals surface area contributed by atoms with Gasteiger partial charge in [0.1, 0.15) is 23.7 Å². The van der Waals surface area contributed by atoms with Crippen LogP contribution in [0, 0.1) is 0 Å². The third kappa shape index (κ3) is 4.21. The second-order valence-electron chi connectivity index (χ2n) is 4.15. The van der Waals surface area contributed by atoms with Crippen LogP contribution >= 0.6 is 0 Å². The molecule has 0 unspecified atom stereocenters. The van der Waals surface area contributed by atoms with E-state index in [0.29, 0.717) is 5.75 Å². The zero-order valence-electron chi connectivity index (χ0n) is 11.7. The molecule has 0 N–H and O–H groups in total. The Labute approximate surface area is 127 Å². The highest BCUT2D eigenvalue weighted by molar-refractivity contribution is 5.94. The van der Waals surface area contributed by atoms with Gasteiger partial charge in [-0.1, -0.05) is 43.0 Å². The van der Waals surface area contributed by atoms with Crippen molar-refractivity contribution in [2.75, 3.05) is 6.61 Å². The first-order valence-corrected chi connectivity index (χ1v) is 6.52. The molecule has 5 heteroatoms. The van der Waals surface area contributed by atoms with Crippen LogP contribution in [0.2, 0.25) is 0 Å². The number of hydrogen-bond donors (Lipinski definition) is 0. The van der Waals surface area contributed by atoms with Gasteiger partial charge in [-0.05, 0) is 24.3 Å². The van der Waals surface area contributed by atoms with Gasteiger partial charge in [-0.2, -0.15) is 0 Å². The minimum Gasteiger partial charge on any atom is -0.430 e. The minimum atomic E-state index is -0.917. The molecule has 0 aliphatic heterocycles. The fourth-order valence-electron chi connectivity index (χ4n) is 1.62. The van der Waals surface area contributed by atoms with Gasteiger partial charge >= 0.3 is 12.1 Å². The molecule has 0 radical (unpaired) electrons. The predicted molar refractivity (Wildman–Crippen MR) is 80.0 cm³/mol. The second-order valence-corrected chi connectivity index (χ2v) is 4.15. The van der Waals surface area contributed by atoms with Gasteiger partial charge in [-0.15, -0.1) is 0 Å². The molecule has 0 heterocycles. The maximum Gasteiger partial charge on any atom is 0.514 e. The Kier molecular flexibility index (Phi) is 5.31. The molecule has 0 aliphatic carbocycles. The lowest BCUT2D eigenvalue weighted by atomic mass is 10.2. The molecule has 2 rings (SSSR count). The summed E-state index contributed by atoms with van der Waals surface area (Å²) in [5.74, 6) is -0.160. The van der Waals surface area contributed by atoms with Crippen molar-refractivity contribution in [1.29, 1.82) is 0 Å². The third-order valence-electron chi connectivity index (χ3n) is 2.57. The predicted octanol–water partition coefficient (Wildman–Crippen LogP) is 3.61. The van der Waals surface area contributed by atoms with Crippen molar-refractivity contribution < 1.29 is 23.8 Å². The summed E-state index contributed by atoms with van der Waals surface area (Å²) in [6, 6.07) is 14.9. The summed E-state index contributed by atoms with van der Waals surface area (Å²) in [4.78, 5) is 23.6. The molecular weight excluding hydrogens is 284 g/mol. The molecule has 0 saturated carbocycles. The largest absolute Gasteiger partial charge is 0.514 e. The molecule has 0 amide bonds. The molecule has 0 aromatic heterocycles. The highest BCUT2D eigenvalue weighted by Gasteiger charge is 2.17. The standard InChI is InChI=1S/C17H14O5/c1-2-12-20-17(19)22-15-11-7-6-10-14(15)16(18)21-13-8-4-3-5-9-13/h2-11H,1,12H2. The van der Waals surface area contributed by atoms with E-state index in [1.807, 2.05) is 6.07 Å². The number of esters is 1. The van der Waals surface area contributed by atoms with Gasteiger partial charge in [-0.25, -0.2) is 9.59 Å². The van der Waals surface area contributed by atoms with Gasteiger partial charge in [0.2, 0.25) is 0 Å². The Balaban J connectivity index is 2.12. The number of rotatable bonds is 5. The zero-order valence-corrected chi connectivity index (χ0v) is 11.7. The quantitative estimate of drug-likeness (QED) is 0.365. The minimum absolute atomic E-state index is 0.0233. The molecule has 0 saturated heterocycles. The summed E-state index contributed by atoms with van der Waals surface area (Å²) in [7, 11) is 0. The van der Waals surface area contributed by atoms with Gasteiger partial charge in [0.25, 0.3) is 0 Å². The summed E-state index contributed by atoms with van der Waals surface area (Å²) >= 11 is 0. The number of carbonyl (C=O) groups excluding carboxylic acids is 2. The Morgan fingerprint density at radius 2 is 1.64 bits per heavy atom. The molecule has 0 bridgehead atoms. The normalized spacial score (nSPS) is 9.64. The van der Waals surface area contributed by atoms with E-state index in [4.69, 9.17) is 14.2 Å². The van der Waals surface area contributed by atoms with Crippen molar-refractivity contribution in [3.63, 3.8) is 0 Å². The SMILES string of the molecule is C=CCOC(=O)Oc1ccccc1C(=O)Oc1ccccc1. The Bertz CT molecular complexity index is 664. The van der Waals surface area contributed by atoms with Crippen LogP contribution in [-0.2, 0) is 4.74 Å². The van der Waals surface area contributed by atoms with Crippen LogP contribution in [-0.4, -0.2) is 18.7 Å². The van der Waals surface area contributed by atoms with Gasteiger partial charge in [0.05, 0.1) is 0 Å². The Hall–Kier alpha value is -3.08. The molecule has 5 nitrogen and oxygen atoms in total. The zero-order chi connectivity index (χ0) is 15.8. The van der Waals surface area contributed by atoms with E-state index < -0.39 is 12.1 Å². The molecular formula is C17H14O5. The molecule has 0 aliphatic rings. The fourth-order valence-corrected chi connectivity index (χ4v) is 1.62. The molecule has 0 atom stereocenters. The van der Waals surface area contributed by atoms with E-state index in [1.54, 1.807) is 36.4 Å². The van der Waals surface area contributed by atoms with Crippen LogP contribution in [0.3, 0.4) is 0 Å². The first-order valence-electron chi connectivity index (χ1n) is 6.52. The average Bonchev–Trinajstić information content (AvgIpc) is 2.54. The third-order valence-corrected chi connectivity index (χ3v) is 2.57. The van der Waals surface area contributed by atoms with Gasteiger partial charge < -0.3 is 14.2 Å². The van der Waals surface area contributed by atoms with Crippen LogP contribution in [0.4, 0.5) is 4.79 Å². The number of carbonyl (C=O) groups is 2. The molecule has 22 heavy (non-hydrogen) atoms. The van der Waals surface area contributed by atoms with Crippen molar-refractivity contribution in [3.8, 4) is 11.5 Å². The topological polar surface area (TPSA) is 61.8 Å². The highest BCUT2D eigenvalue weighted by Crippen LogP contribution is 2.21. The number of ether oxygens (including phenoxy) is 3. The van der Waals surface area contributed by atoms with Crippen LogP contribution in [0.5, 0.6) is 11.5 Å². The van der Waals surface area contributed by atoms with Crippen LogP contribution in [0.25, 0.3) is 0 Å². The average molecular weight is 298 g/mol. The summed E-state index contributed by atoms with van der Waals surface area (Å²) in [6.07, 6.45) is 0.497. The Morgan fingerprint density at radius 3 is 2.36 bits per heavy atom. The van der Waals surface area contributed by atoms with Crippen LogP contribution in [0.1, 0.15) is 10.4 Å². The maximum absolute atomic E-state index is 12.2. The second kappa shape index (κ2) is 7.64. The highest BCUT2D eigenvalue weighted by atomic mass is 16.7. The van der Waals surface area contributed by atoms with E-state index >= 15 is 0 Å². The van der Waals surface area contributed by atoms with E-state index in [9.17, 15) is 9.59 Å². The van der Waals surface area contributed by atoms with Gasteiger partial charge in [0, 0.05) is 0 Å². The first kappa shape index (κ1) is 15.3. The number of benzene rings is 2. The molecule has 112 valence electrons. The lowest BCUT2D eigenvalue weighted by molar-refractivity contribution is 0.0728. The van der Waals surface area contributed by atoms with Gasteiger partial charge in [-0.3, -0.25) is 0 Å².